The standard InChI is InChI=1S/C27H32ClN3O2/c1-3-4-8-24(32)18-30(17-21-11-12-21)19-26-20(2)29-31(23-15-13-22(28)14-16-23)27(26)33-25-9-6-5-7-10-25/h3,5-7,9-10,13-16,21,24,32H,1,4,8,11-12,17-19H2,2H3/t24-/m1/s1. The molecule has 0 bridgehead atoms. The van der Waals surface area contributed by atoms with Crippen LogP contribution in [-0.4, -0.2) is 39.0 Å². The van der Waals surface area contributed by atoms with E-state index in [0.29, 0.717) is 29.9 Å². The number of aliphatic hydroxyl groups is 1. The van der Waals surface area contributed by atoms with Crippen LogP contribution in [0.15, 0.2) is 67.3 Å². The Morgan fingerprint density at radius 3 is 2.61 bits per heavy atom. The lowest BCUT2D eigenvalue weighted by molar-refractivity contribution is 0.0991. The molecule has 2 aromatic carbocycles. The number of halogens is 1. The second-order valence-corrected chi connectivity index (χ2v) is 9.27. The van der Waals surface area contributed by atoms with E-state index in [2.05, 4.69) is 11.5 Å². The topological polar surface area (TPSA) is 50.5 Å². The molecule has 1 fully saturated rings. The van der Waals surface area contributed by atoms with E-state index in [1.807, 2.05) is 72.3 Å². The molecule has 5 nitrogen and oxygen atoms in total. The van der Waals surface area contributed by atoms with E-state index in [-0.39, 0.29) is 6.10 Å². The summed E-state index contributed by atoms with van der Waals surface area (Å²) in [7, 11) is 0. The van der Waals surface area contributed by atoms with E-state index < -0.39 is 0 Å². The van der Waals surface area contributed by atoms with Crippen molar-refractivity contribution in [3.05, 3.63) is 83.5 Å². The fraction of sp³-hybridized carbons (Fsp3) is 0.370. The van der Waals surface area contributed by atoms with Crippen molar-refractivity contribution in [2.24, 2.45) is 5.92 Å². The van der Waals surface area contributed by atoms with Gasteiger partial charge in [-0.2, -0.15) is 5.10 Å². The Morgan fingerprint density at radius 1 is 1.21 bits per heavy atom. The van der Waals surface area contributed by atoms with Gasteiger partial charge in [-0.1, -0.05) is 35.9 Å². The van der Waals surface area contributed by atoms with E-state index in [0.717, 1.165) is 42.1 Å². The summed E-state index contributed by atoms with van der Waals surface area (Å²) in [5.74, 6) is 2.16. The normalized spacial score (nSPS) is 14.4. The monoisotopic (exact) mass is 465 g/mol. The van der Waals surface area contributed by atoms with Gasteiger partial charge in [-0.3, -0.25) is 4.90 Å². The van der Waals surface area contributed by atoms with Crippen molar-refractivity contribution in [1.82, 2.24) is 14.7 Å². The minimum Gasteiger partial charge on any atom is -0.439 e. The fourth-order valence-electron chi connectivity index (χ4n) is 3.98. The van der Waals surface area contributed by atoms with Crippen LogP contribution < -0.4 is 4.74 Å². The molecule has 1 aromatic heterocycles. The maximum Gasteiger partial charge on any atom is 0.227 e. The average molecular weight is 466 g/mol. The first kappa shape index (κ1) is 23.6. The van der Waals surface area contributed by atoms with Crippen molar-refractivity contribution in [1.29, 1.82) is 0 Å². The molecular weight excluding hydrogens is 434 g/mol. The molecule has 0 amide bonds. The largest absolute Gasteiger partial charge is 0.439 e. The van der Waals surface area contributed by atoms with Gasteiger partial charge in [0.15, 0.2) is 0 Å². The lowest BCUT2D eigenvalue weighted by Gasteiger charge is -2.25. The van der Waals surface area contributed by atoms with Crippen LogP contribution in [0.1, 0.15) is 36.9 Å². The second-order valence-electron chi connectivity index (χ2n) is 8.83. The molecule has 1 aliphatic carbocycles. The highest BCUT2D eigenvalue weighted by Gasteiger charge is 2.28. The molecule has 1 atom stereocenters. The highest BCUT2D eigenvalue weighted by atomic mass is 35.5. The van der Waals surface area contributed by atoms with Gasteiger partial charge in [0, 0.05) is 24.7 Å². The molecule has 0 spiro atoms. The maximum atomic E-state index is 10.6. The zero-order valence-corrected chi connectivity index (χ0v) is 19.9. The second kappa shape index (κ2) is 11.0. The first-order valence-electron chi connectivity index (χ1n) is 11.6. The van der Waals surface area contributed by atoms with Crippen molar-refractivity contribution in [3.63, 3.8) is 0 Å². The number of rotatable bonds is 12. The predicted octanol–water partition coefficient (Wildman–Crippen LogP) is 6.17. The first-order chi connectivity index (χ1) is 16.0. The summed E-state index contributed by atoms with van der Waals surface area (Å²) in [4.78, 5) is 2.35. The van der Waals surface area contributed by atoms with Gasteiger partial charge in [0.2, 0.25) is 5.88 Å². The summed E-state index contributed by atoms with van der Waals surface area (Å²) >= 11 is 6.12. The molecule has 1 saturated carbocycles. The number of allylic oxidation sites excluding steroid dienone is 1. The number of aromatic nitrogens is 2. The van der Waals surface area contributed by atoms with Crippen LogP contribution in [0.3, 0.4) is 0 Å². The van der Waals surface area contributed by atoms with Gasteiger partial charge < -0.3 is 9.84 Å². The lowest BCUT2D eigenvalue weighted by atomic mass is 10.1. The van der Waals surface area contributed by atoms with Gasteiger partial charge in [-0.15, -0.1) is 6.58 Å². The Labute approximate surface area is 201 Å². The molecule has 174 valence electrons. The van der Waals surface area contributed by atoms with Gasteiger partial charge in [0.25, 0.3) is 0 Å². The lowest BCUT2D eigenvalue weighted by Crippen LogP contribution is -2.34. The number of nitrogens with zero attached hydrogens (tertiary/aromatic N) is 3. The summed E-state index contributed by atoms with van der Waals surface area (Å²) in [5.41, 5.74) is 2.84. The molecule has 0 saturated heterocycles. The van der Waals surface area contributed by atoms with Crippen molar-refractivity contribution in [3.8, 4) is 17.3 Å². The van der Waals surface area contributed by atoms with E-state index in [1.54, 1.807) is 0 Å². The number of aryl methyl sites for hydroxylation is 1. The van der Waals surface area contributed by atoms with Crippen molar-refractivity contribution < 1.29 is 9.84 Å². The molecule has 1 heterocycles. The van der Waals surface area contributed by atoms with Crippen LogP contribution in [0.25, 0.3) is 5.69 Å². The van der Waals surface area contributed by atoms with Gasteiger partial charge in [-0.05, 0) is 74.9 Å². The SMILES string of the molecule is C=CCC[C@@H](O)CN(Cc1c(C)nn(-c2ccc(Cl)cc2)c1Oc1ccccc1)CC1CC1. The number of hydrogen-bond acceptors (Lipinski definition) is 4. The molecule has 3 aromatic rings. The smallest absolute Gasteiger partial charge is 0.227 e. The summed E-state index contributed by atoms with van der Waals surface area (Å²) in [5, 5.41) is 16.1. The third kappa shape index (κ3) is 6.47. The minimum absolute atomic E-state index is 0.383. The highest BCUT2D eigenvalue weighted by molar-refractivity contribution is 6.30. The Hall–Kier alpha value is -2.60. The molecule has 6 heteroatoms. The summed E-state index contributed by atoms with van der Waals surface area (Å²) in [6.45, 7) is 8.06. The third-order valence-electron chi connectivity index (χ3n) is 5.93. The first-order valence-corrected chi connectivity index (χ1v) is 12.0. The van der Waals surface area contributed by atoms with Crippen LogP contribution in [0, 0.1) is 12.8 Å². The van der Waals surface area contributed by atoms with Gasteiger partial charge >= 0.3 is 0 Å². The average Bonchev–Trinajstić information content (AvgIpc) is 3.58. The summed E-state index contributed by atoms with van der Waals surface area (Å²) in [6.07, 6.45) is 5.54. The summed E-state index contributed by atoms with van der Waals surface area (Å²) < 4.78 is 8.25. The predicted molar refractivity (Wildman–Crippen MR) is 133 cm³/mol. The van der Waals surface area contributed by atoms with E-state index in [1.165, 1.54) is 12.8 Å². The highest BCUT2D eigenvalue weighted by Crippen LogP contribution is 2.34. The Kier molecular flexibility index (Phi) is 7.86. The fourth-order valence-corrected chi connectivity index (χ4v) is 4.10. The molecule has 0 unspecified atom stereocenters. The maximum absolute atomic E-state index is 10.6. The molecule has 4 rings (SSSR count). The van der Waals surface area contributed by atoms with Crippen molar-refractivity contribution in [2.45, 2.75) is 45.3 Å². The zero-order valence-electron chi connectivity index (χ0n) is 19.2. The van der Waals surface area contributed by atoms with Crippen LogP contribution in [-0.2, 0) is 6.54 Å². The van der Waals surface area contributed by atoms with Gasteiger partial charge in [0.05, 0.1) is 23.0 Å². The van der Waals surface area contributed by atoms with E-state index in [4.69, 9.17) is 21.4 Å². The van der Waals surface area contributed by atoms with Gasteiger partial charge in [0.1, 0.15) is 5.75 Å². The Morgan fingerprint density at radius 2 is 1.94 bits per heavy atom. The molecule has 1 N–H and O–H groups in total. The van der Waals surface area contributed by atoms with Crippen LogP contribution in [0.4, 0.5) is 0 Å². The van der Waals surface area contributed by atoms with Crippen LogP contribution in [0.2, 0.25) is 5.02 Å². The third-order valence-corrected chi connectivity index (χ3v) is 6.19. The van der Waals surface area contributed by atoms with Crippen LogP contribution in [0.5, 0.6) is 11.6 Å². The molecule has 33 heavy (non-hydrogen) atoms. The number of para-hydroxylation sites is 1. The number of aliphatic hydroxyl groups excluding tert-OH is 1. The molecular formula is C27H32ClN3O2. The molecule has 0 aliphatic heterocycles. The van der Waals surface area contributed by atoms with Crippen molar-refractivity contribution in [2.75, 3.05) is 13.1 Å². The van der Waals surface area contributed by atoms with E-state index >= 15 is 0 Å². The van der Waals surface area contributed by atoms with E-state index in [9.17, 15) is 5.11 Å². The Bertz CT molecular complexity index is 1050. The minimum atomic E-state index is -0.383. The number of ether oxygens (including phenoxy) is 1. The molecule has 0 radical (unpaired) electrons. The van der Waals surface area contributed by atoms with Crippen molar-refractivity contribution >= 4 is 11.6 Å². The zero-order chi connectivity index (χ0) is 23.2. The number of hydrogen-bond donors (Lipinski definition) is 1. The van der Waals surface area contributed by atoms with Gasteiger partial charge in [-0.25, -0.2) is 4.68 Å². The quantitative estimate of drug-likeness (QED) is 0.325. The molecule has 1 aliphatic rings. The van der Waals surface area contributed by atoms with Crippen LogP contribution >= 0.6 is 11.6 Å². The number of benzene rings is 2. The summed E-state index contributed by atoms with van der Waals surface area (Å²) in [6, 6.07) is 17.4. The Balaban J connectivity index is 1.66.